The fourth-order valence-corrected chi connectivity index (χ4v) is 12.7. The molecule has 30 nitrogen and oxygen atoms in total. The maximum atomic E-state index is 13.4. The quantitative estimate of drug-likeness (QED) is 0.0185. The third-order valence-electron chi connectivity index (χ3n) is 16.0. The second-order valence-electron chi connectivity index (χ2n) is 23.9. The van der Waals surface area contributed by atoms with Gasteiger partial charge in [-0.05, 0) is 59.5 Å². The molecule has 1 radical (unpaired) electrons. The van der Waals surface area contributed by atoms with Gasteiger partial charge in [-0.3, -0.25) is 19.2 Å². The summed E-state index contributed by atoms with van der Waals surface area (Å²) in [5.41, 5.74) is 1.59. The largest absolute Gasteiger partial charge is 0.480 e. The predicted molar refractivity (Wildman–Crippen MR) is 332 cm³/mol. The number of imidazole rings is 1. The third kappa shape index (κ3) is 23.7. The number of aliphatic carboxylic acids is 4. The number of anilines is 1. The molecule has 2 amide bonds. The average molecular weight is 1400 g/mol. The van der Waals surface area contributed by atoms with Crippen LogP contribution in [0, 0.1) is 0 Å². The molecule has 1 aliphatic rings. The Morgan fingerprint density at radius 3 is 1.59 bits per heavy atom. The molecule has 3 atom stereocenters. The number of sulfonamides is 2. The maximum Gasteiger partial charge on any atom is 0.359 e. The van der Waals surface area contributed by atoms with Gasteiger partial charge in [-0.2, -0.15) is 4.72 Å². The Morgan fingerprint density at radius 1 is 0.630 bits per heavy atom. The van der Waals surface area contributed by atoms with Crippen LogP contribution in [0.25, 0.3) is 22.0 Å². The maximum absolute atomic E-state index is 13.4. The zero-order chi connectivity index (χ0) is 66.6. The van der Waals surface area contributed by atoms with Crippen molar-refractivity contribution in [1.82, 2.24) is 34.6 Å². The number of ether oxygens (including phenoxy) is 3. The Bertz CT molecular complexity index is 3580. The van der Waals surface area contributed by atoms with E-state index < -0.39 is 67.8 Å². The standard InChI is InChI=1S/C59H82N12O18S2.Y/c1-67-38-49(56(79)48-16-7-43(35-51(48)67)36-64-59-61-18-19-62-59)57(80)63-37-50(58(81)82)66-91(85,86)47-14-10-45(11-15-47)44-8-12-46(13-9-44)90(83,84)65-17-6-29-87-31-33-89-34-32-88-30-20-60-52(72)39-68(2)21-23-69(3,40-53(73)74)25-27-71(5,42-55(77)78)28-26-70(4,24-22-68)41-54(75)76;/h7-16,18-19,35,38,50,65-66H,6,17,20-34,36-37,39-42H2,1-5H3,(H4-4,60,61,62,63,64,72,73,74,75,76,77,78,80,81,82);/p+4/t50-,68?,69?,70?,71?;/m0./s1. The molecule has 501 valence electrons. The summed E-state index contributed by atoms with van der Waals surface area (Å²) in [6.07, 6.45) is 4.95. The van der Waals surface area contributed by atoms with Crippen LogP contribution >= 0.6 is 0 Å². The van der Waals surface area contributed by atoms with Gasteiger partial charge < -0.3 is 78.1 Å². The number of aryl methyl sites for hydroxylation is 1. The van der Waals surface area contributed by atoms with E-state index in [0.717, 1.165) is 5.56 Å². The van der Waals surface area contributed by atoms with Crippen LogP contribution in [0.3, 0.4) is 0 Å². The number of likely N-dealkylation sites (N-methyl/N-ethyl adjacent to an activating group) is 4. The van der Waals surface area contributed by atoms with Crippen LogP contribution in [0.4, 0.5) is 5.95 Å². The SMILES string of the molecule is Cn1cc(C(=O)NC[C@H](NS(=O)(=O)c2ccc(-c3ccc(S(=O)(=O)NCCCOCCOCCOCCNC(=O)C[N+]4(C)CC[N+](C)(CC(=O)O)CC[N+](C)(CC(=O)O)CC[N+](C)(CC(=O)O)CC4)cc3)cc2)C(=O)O)c(=O)c2ccc(CNc3ncc[nH]3)cc21.[Y]. The van der Waals surface area contributed by atoms with Gasteiger partial charge in [0, 0.05) is 96.5 Å². The van der Waals surface area contributed by atoms with Crippen LogP contribution in [0.1, 0.15) is 22.3 Å². The predicted octanol–water partition coefficient (Wildman–Crippen LogP) is -0.412. The van der Waals surface area contributed by atoms with Crippen molar-refractivity contribution in [3.05, 3.63) is 107 Å². The van der Waals surface area contributed by atoms with E-state index in [1.54, 1.807) is 61.4 Å². The van der Waals surface area contributed by atoms with E-state index in [1.807, 2.05) is 21.1 Å². The topological polar surface area (TPSA) is 390 Å². The Hall–Kier alpha value is -6.66. The molecule has 3 aromatic carbocycles. The Kier molecular flexibility index (Phi) is 28.5. The number of nitrogens with zero attached hydrogens (tertiary/aromatic N) is 6. The minimum Gasteiger partial charge on any atom is -0.480 e. The van der Waals surface area contributed by atoms with E-state index in [-0.39, 0.29) is 156 Å². The first-order chi connectivity index (χ1) is 42.9. The molecule has 92 heavy (non-hydrogen) atoms. The van der Waals surface area contributed by atoms with E-state index in [9.17, 15) is 70.8 Å². The first kappa shape index (κ1) is 76.1. The van der Waals surface area contributed by atoms with E-state index in [0.29, 0.717) is 87.9 Å². The smallest absolute Gasteiger partial charge is 0.359 e. The van der Waals surface area contributed by atoms with Gasteiger partial charge in [-0.25, -0.2) is 40.9 Å². The molecule has 0 aliphatic carbocycles. The second-order valence-corrected chi connectivity index (χ2v) is 27.4. The van der Waals surface area contributed by atoms with Crippen molar-refractivity contribution in [3.8, 4) is 11.1 Å². The fraction of sp³-hybridized carbons (Fsp3) is 0.492. The zero-order valence-corrected chi connectivity index (χ0v) is 57.0. The van der Waals surface area contributed by atoms with Gasteiger partial charge in [-0.1, -0.05) is 30.3 Å². The molecule has 2 unspecified atom stereocenters. The molecule has 1 aliphatic heterocycles. The number of carbonyl (C=O) groups excluding carboxylic acids is 2. The molecule has 0 bridgehead atoms. The summed E-state index contributed by atoms with van der Waals surface area (Å²) in [6, 6.07) is 14.6. The van der Waals surface area contributed by atoms with Crippen molar-refractivity contribution in [3.63, 3.8) is 0 Å². The Labute approximate surface area is 559 Å². The molecule has 3 heterocycles. The number of carboxylic acids is 4. The molecule has 6 rings (SSSR count). The van der Waals surface area contributed by atoms with Gasteiger partial charge in [0.2, 0.25) is 25.5 Å². The number of hydrogen-bond acceptors (Lipinski definition) is 16. The summed E-state index contributed by atoms with van der Waals surface area (Å²) in [5, 5.41) is 47.9. The van der Waals surface area contributed by atoms with Crippen molar-refractivity contribution >= 4 is 72.6 Å². The monoisotopic (exact) mass is 1400 g/mol. The van der Waals surface area contributed by atoms with Crippen LogP contribution < -0.4 is 30.8 Å². The van der Waals surface area contributed by atoms with E-state index in [1.165, 1.54) is 42.6 Å². The van der Waals surface area contributed by atoms with Crippen LogP contribution in [0.5, 0.6) is 0 Å². The number of benzene rings is 3. The molecule has 1 saturated heterocycles. The molecule has 10 N–H and O–H groups in total. The van der Waals surface area contributed by atoms with E-state index in [4.69, 9.17) is 14.2 Å². The molecule has 1 fully saturated rings. The van der Waals surface area contributed by atoms with Gasteiger partial charge in [0.15, 0.2) is 32.1 Å². The minimum absolute atomic E-state index is 0. The summed E-state index contributed by atoms with van der Waals surface area (Å²) < 4.78 is 76.5. The number of aromatic nitrogens is 3. The number of fused-ring (bicyclic) bond motifs is 1. The van der Waals surface area contributed by atoms with Gasteiger partial charge in [-0.15, -0.1) is 0 Å². The van der Waals surface area contributed by atoms with Gasteiger partial charge in [0.1, 0.15) is 64.0 Å². The number of H-pyrrole nitrogens is 1. The zero-order valence-electron chi connectivity index (χ0n) is 52.5. The average Bonchev–Trinajstić information content (AvgIpc) is 0.860. The summed E-state index contributed by atoms with van der Waals surface area (Å²) in [6.45, 7) is 4.00. The number of carbonyl (C=O) groups is 6. The van der Waals surface area contributed by atoms with Gasteiger partial charge in [0.25, 0.3) is 11.8 Å². The first-order valence-electron chi connectivity index (χ1n) is 29.5. The molecule has 0 spiro atoms. The molecule has 0 saturated carbocycles. The van der Waals surface area contributed by atoms with E-state index in [2.05, 4.69) is 35.4 Å². The summed E-state index contributed by atoms with van der Waals surface area (Å²) in [5.74, 6) is -5.15. The van der Waals surface area contributed by atoms with Crippen molar-refractivity contribution < 1.29 is 131 Å². The molecular formula is C59H86N12O18S2Y+4. The van der Waals surface area contributed by atoms with Crippen LogP contribution in [-0.4, -0.2) is 277 Å². The van der Waals surface area contributed by atoms with Crippen molar-refractivity contribution in [2.24, 2.45) is 7.05 Å². The minimum atomic E-state index is -4.46. The summed E-state index contributed by atoms with van der Waals surface area (Å²) >= 11 is 0. The van der Waals surface area contributed by atoms with Crippen molar-refractivity contribution in [2.45, 2.75) is 28.8 Å². The van der Waals surface area contributed by atoms with Crippen LogP contribution in [-0.2, 0) is 105 Å². The summed E-state index contributed by atoms with van der Waals surface area (Å²) in [4.78, 5) is 94.8. The summed E-state index contributed by atoms with van der Waals surface area (Å²) in [7, 11) is 0.638. The molecule has 5 aromatic rings. The number of hydrogen-bond donors (Lipinski definition) is 10. The number of nitrogens with one attached hydrogen (secondary N) is 6. The van der Waals surface area contributed by atoms with Gasteiger partial charge in [0.05, 0.1) is 76.5 Å². The molecular weight excluding hydrogens is 1320 g/mol. The van der Waals surface area contributed by atoms with Gasteiger partial charge >= 0.3 is 23.9 Å². The molecule has 2 aromatic heterocycles. The van der Waals surface area contributed by atoms with Crippen LogP contribution in [0.2, 0.25) is 0 Å². The van der Waals surface area contributed by atoms with Crippen molar-refractivity contribution in [2.75, 3.05) is 171 Å². The third-order valence-corrected chi connectivity index (χ3v) is 19.0. The number of aromatic amines is 1. The number of carboxylic acid groups (broad SMARTS) is 4. The number of quaternary nitrogens is 4. The normalized spacial score (nSPS) is 20.1. The fourth-order valence-electron chi connectivity index (χ4n) is 10.4. The Balaban J connectivity index is 0.0000154. The van der Waals surface area contributed by atoms with Crippen molar-refractivity contribution in [1.29, 1.82) is 0 Å². The Morgan fingerprint density at radius 2 is 1.11 bits per heavy atom. The molecule has 33 heteroatoms. The van der Waals surface area contributed by atoms with E-state index >= 15 is 0 Å². The van der Waals surface area contributed by atoms with Crippen LogP contribution in [0.15, 0.2) is 99.9 Å². The number of rotatable bonds is 34. The number of amides is 2. The second kappa shape index (κ2) is 34.5. The number of pyridine rings is 1. The first-order valence-corrected chi connectivity index (χ1v) is 32.5.